The number of hydrogen-bond acceptors (Lipinski definition) is 8. The van der Waals surface area contributed by atoms with Crippen molar-refractivity contribution in [1.82, 2.24) is 0 Å². The summed E-state index contributed by atoms with van der Waals surface area (Å²) in [5.74, 6) is -1.89. The highest BCUT2D eigenvalue weighted by Crippen LogP contribution is 2.60. The molecule has 0 bridgehead atoms. The van der Waals surface area contributed by atoms with Gasteiger partial charge in [-0.05, 0) is 24.0 Å². The number of carbonyl (C=O) groups excluding carboxylic acids is 2. The number of carbonyl (C=O) groups is 2. The molecule has 2 aliphatic heterocycles. The summed E-state index contributed by atoms with van der Waals surface area (Å²) in [7, 11) is -1.08. The van der Waals surface area contributed by atoms with Gasteiger partial charge >= 0.3 is 19.2 Å². The summed E-state index contributed by atoms with van der Waals surface area (Å²) in [6.07, 6.45) is 0.575. The first kappa shape index (κ1) is 18.1. The number of ether oxygens (including phenoxy) is 4. The van der Waals surface area contributed by atoms with E-state index < -0.39 is 37.4 Å². The molecule has 1 saturated heterocycles. The van der Waals surface area contributed by atoms with Crippen LogP contribution in [0.25, 0.3) is 0 Å². The van der Waals surface area contributed by atoms with Crippen molar-refractivity contribution in [3.63, 3.8) is 0 Å². The number of esters is 1. The van der Waals surface area contributed by atoms with Crippen molar-refractivity contribution in [3.05, 3.63) is 29.1 Å². The van der Waals surface area contributed by atoms with Crippen molar-refractivity contribution in [3.8, 4) is 5.75 Å². The highest BCUT2D eigenvalue weighted by atomic mass is 19.1. The quantitative estimate of drug-likeness (QED) is 0.481. The lowest BCUT2D eigenvalue weighted by Gasteiger charge is -2.22. The Morgan fingerprint density at radius 2 is 2.04 bits per heavy atom. The molecule has 1 unspecified atom stereocenters. The number of benzene rings is 1. The molecule has 0 radical (unpaired) electrons. The van der Waals surface area contributed by atoms with E-state index in [1.54, 1.807) is 6.07 Å². The first-order valence-corrected chi connectivity index (χ1v) is 8.80. The van der Waals surface area contributed by atoms with Crippen molar-refractivity contribution >= 4 is 19.2 Å². The van der Waals surface area contributed by atoms with Crippen LogP contribution in [-0.4, -0.2) is 50.4 Å². The second-order valence-electron chi connectivity index (χ2n) is 6.73. The SMILES string of the molecule is O=C(OCOC(=O)c1c(F)ccc2c1OB(O)[C@@H]1CC21)OC1CCOCC1. The lowest BCUT2D eigenvalue weighted by Crippen LogP contribution is -2.28. The minimum atomic E-state index is -1.08. The molecule has 3 aliphatic rings. The van der Waals surface area contributed by atoms with Gasteiger partial charge in [0.25, 0.3) is 0 Å². The molecule has 10 heteroatoms. The maximum Gasteiger partial charge on any atom is 0.526 e. The van der Waals surface area contributed by atoms with E-state index in [0.29, 0.717) is 31.6 Å². The van der Waals surface area contributed by atoms with Crippen LogP contribution in [0.2, 0.25) is 5.82 Å². The molecule has 144 valence electrons. The summed E-state index contributed by atoms with van der Waals surface area (Å²) in [5.41, 5.74) is 0.247. The van der Waals surface area contributed by atoms with Gasteiger partial charge in [0.1, 0.15) is 23.2 Å². The van der Waals surface area contributed by atoms with E-state index in [1.165, 1.54) is 0 Å². The zero-order valence-corrected chi connectivity index (χ0v) is 14.4. The minimum absolute atomic E-state index is 0.0176. The molecule has 8 nitrogen and oxygen atoms in total. The zero-order valence-electron chi connectivity index (χ0n) is 14.4. The molecule has 0 aromatic heterocycles. The van der Waals surface area contributed by atoms with E-state index >= 15 is 0 Å². The fourth-order valence-corrected chi connectivity index (χ4v) is 3.45. The van der Waals surface area contributed by atoms with Crippen LogP contribution in [0.1, 0.15) is 41.1 Å². The maximum absolute atomic E-state index is 14.2. The maximum atomic E-state index is 14.2. The molecule has 1 saturated carbocycles. The smallest absolute Gasteiger partial charge is 0.526 e. The van der Waals surface area contributed by atoms with E-state index in [2.05, 4.69) is 0 Å². The predicted octanol–water partition coefficient (Wildman–Crippen LogP) is 2.00. The molecule has 2 heterocycles. The molecule has 1 N–H and O–H groups in total. The van der Waals surface area contributed by atoms with Crippen LogP contribution in [-0.2, 0) is 18.9 Å². The Bertz CT molecular complexity index is 751. The second kappa shape index (κ2) is 7.36. The first-order valence-electron chi connectivity index (χ1n) is 8.80. The molecule has 2 fully saturated rings. The van der Waals surface area contributed by atoms with Crippen LogP contribution in [0.4, 0.5) is 9.18 Å². The van der Waals surface area contributed by atoms with Crippen LogP contribution in [0.15, 0.2) is 12.1 Å². The summed E-state index contributed by atoms with van der Waals surface area (Å²) in [4.78, 5) is 23.9. The normalized spacial score (nSPS) is 23.6. The Morgan fingerprint density at radius 1 is 1.26 bits per heavy atom. The highest BCUT2D eigenvalue weighted by molar-refractivity contribution is 6.48. The van der Waals surface area contributed by atoms with Gasteiger partial charge in [0.15, 0.2) is 0 Å². The number of fused-ring (bicyclic) bond motifs is 3. The average Bonchev–Trinajstić information content (AvgIpc) is 3.44. The van der Waals surface area contributed by atoms with Crippen LogP contribution >= 0.6 is 0 Å². The van der Waals surface area contributed by atoms with Gasteiger partial charge in [0.2, 0.25) is 6.79 Å². The molecule has 1 aromatic carbocycles. The Balaban J connectivity index is 1.35. The van der Waals surface area contributed by atoms with Gasteiger partial charge in [-0.25, -0.2) is 14.0 Å². The molecule has 27 heavy (non-hydrogen) atoms. The van der Waals surface area contributed by atoms with Crippen molar-refractivity contribution in [1.29, 1.82) is 0 Å². The van der Waals surface area contributed by atoms with Crippen LogP contribution in [0.3, 0.4) is 0 Å². The average molecular weight is 380 g/mol. The fourth-order valence-electron chi connectivity index (χ4n) is 3.45. The van der Waals surface area contributed by atoms with E-state index in [0.717, 1.165) is 12.5 Å². The lowest BCUT2D eigenvalue weighted by atomic mass is 9.77. The van der Waals surface area contributed by atoms with E-state index in [9.17, 15) is 19.0 Å². The molecule has 2 atom stereocenters. The standard InChI is InChI=1S/C17H18BFO8/c19-13-2-1-10-11-7-12(11)18(22)27-15(10)14(13)16(20)24-8-25-17(21)26-9-3-5-23-6-4-9/h1-2,9,11-12,22H,3-8H2/t11?,12-/m1/s1. The third-order valence-electron chi connectivity index (χ3n) is 4.98. The summed E-state index contributed by atoms with van der Waals surface area (Å²) < 4.78 is 39.3. The van der Waals surface area contributed by atoms with E-state index in [-0.39, 0.29) is 23.6 Å². The zero-order chi connectivity index (χ0) is 19.0. The second-order valence-corrected chi connectivity index (χ2v) is 6.73. The predicted molar refractivity (Wildman–Crippen MR) is 87.8 cm³/mol. The van der Waals surface area contributed by atoms with E-state index in [1.807, 2.05) is 0 Å². The van der Waals surface area contributed by atoms with Gasteiger partial charge in [-0.1, -0.05) is 6.07 Å². The highest BCUT2D eigenvalue weighted by Gasteiger charge is 2.54. The Kier molecular flexibility index (Phi) is 4.92. The number of hydrogen-bond donors (Lipinski definition) is 1. The van der Waals surface area contributed by atoms with Crippen molar-refractivity contribution < 1.29 is 42.6 Å². The fraction of sp³-hybridized carbons (Fsp3) is 0.529. The van der Waals surface area contributed by atoms with Crippen molar-refractivity contribution in [2.24, 2.45) is 0 Å². The van der Waals surface area contributed by atoms with E-state index in [4.69, 9.17) is 23.6 Å². The third kappa shape index (κ3) is 3.72. The molecule has 0 amide bonds. The summed E-state index contributed by atoms with van der Waals surface area (Å²) in [5, 5.41) is 9.88. The van der Waals surface area contributed by atoms with Crippen LogP contribution in [0.5, 0.6) is 5.75 Å². The number of rotatable bonds is 4. The van der Waals surface area contributed by atoms with Gasteiger partial charge in [-0.15, -0.1) is 0 Å². The topological polar surface area (TPSA) is 101 Å². The molecular formula is C17H18BFO8. The summed E-state index contributed by atoms with van der Waals surface area (Å²) in [6.45, 7) is 0.274. The third-order valence-corrected chi connectivity index (χ3v) is 4.98. The van der Waals surface area contributed by atoms with Crippen LogP contribution < -0.4 is 4.65 Å². The van der Waals surface area contributed by atoms with Gasteiger partial charge in [-0.3, -0.25) is 0 Å². The summed E-state index contributed by atoms with van der Waals surface area (Å²) in [6, 6.07) is 2.70. The van der Waals surface area contributed by atoms with Gasteiger partial charge in [-0.2, -0.15) is 0 Å². The Morgan fingerprint density at radius 3 is 2.81 bits per heavy atom. The monoisotopic (exact) mass is 380 g/mol. The van der Waals surface area contributed by atoms with Crippen LogP contribution in [0, 0.1) is 5.82 Å². The Labute approximate surface area is 154 Å². The van der Waals surface area contributed by atoms with Gasteiger partial charge in [0, 0.05) is 18.7 Å². The van der Waals surface area contributed by atoms with Gasteiger partial charge in [0.05, 0.1) is 13.2 Å². The Hall–Kier alpha value is -2.33. The lowest BCUT2D eigenvalue weighted by molar-refractivity contribution is -0.0575. The van der Waals surface area contributed by atoms with Crippen molar-refractivity contribution in [2.75, 3.05) is 20.0 Å². The van der Waals surface area contributed by atoms with Gasteiger partial charge < -0.3 is 28.6 Å². The largest absolute Gasteiger partial charge is 0.535 e. The molecule has 0 spiro atoms. The molecule has 1 aromatic rings. The summed E-state index contributed by atoms with van der Waals surface area (Å²) >= 11 is 0. The molecule has 4 rings (SSSR count). The molecular weight excluding hydrogens is 362 g/mol. The minimum Gasteiger partial charge on any atom is -0.535 e. The van der Waals surface area contributed by atoms with Crippen molar-refractivity contribution in [2.45, 2.75) is 37.1 Å². The number of halogens is 1. The molecule has 1 aliphatic carbocycles. The first-order chi connectivity index (χ1) is 13.0.